The Labute approximate surface area is 34.5 Å². The molecule has 0 rings (SSSR count). The molecule has 0 saturated carbocycles. The first kappa shape index (κ1) is 5.82. The predicted molar refractivity (Wildman–Crippen MR) is 20.8 cm³/mol. The van der Waals surface area contributed by atoms with Crippen LogP contribution in [-0.2, 0) is 4.57 Å². The van der Waals surface area contributed by atoms with E-state index in [9.17, 15) is 4.57 Å². The Morgan fingerprint density at radius 2 is 1.83 bits per heavy atom. The highest BCUT2D eigenvalue weighted by atomic mass is 31.2. The van der Waals surface area contributed by atoms with Gasteiger partial charge in [-0.1, -0.05) is 0 Å². The van der Waals surface area contributed by atoms with Crippen molar-refractivity contribution in [2.75, 3.05) is 0 Å². The summed E-state index contributed by atoms with van der Waals surface area (Å²) in [6, 6.07) is 0. The van der Waals surface area contributed by atoms with Crippen LogP contribution in [0.2, 0.25) is 0 Å². The third kappa shape index (κ3) is 3.82. The second kappa shape index (κ2) is 1.51. The van der Waals surface area contributed by atoms with Crippen LogP contribution in [-0.4, -0.2) is 15.7 Å². The molecule has 36 valence electrons. The van der Waals surface area contributed by atoms with Crippen molar-refractivity contribution in [1.82, 2.24) is 0 Å². The molecule has 0 aliphatic heterocycles. The molecule has 6 heavy (non-hydrogen) atoms. The number of nitrogens with one attached hydrogen (secondary N) is 1. The van der Waals surface area contributed by atoms with Gasteiger partial charge in [0.1, 0.15) is 5.96 Å². The summed E-state index contributed by atoms with van der Waals surface area (Å²) in [6.45, 7) is 0. The van der Waals surface area contributed by atoms with E-state index >= 15 is 0 Å². The molecule has 0 aliphatic carbocycles. The van der Waals surface area contributed by atoms with Crippen LogP contribution < -0.4 is 0 Å². The molecule has 0 unspecified atom stereocenters. The zero-order chi connectivity index (χ0) is 5.21. The maximum Gasteiger partial charge on any atom is 0.366 e. The summed E-state index contributed by atoms with van der Waals surface area (Å²) in [7, 11) is -4.10. The molecule has 5 heteroatoms. The zero-order valence-corrected chi connectivity index (χ0v) is 3.72. The first-order valence-electron chi connectivity index (χ1n) is 1.13. The predicted octanol–water partition coefficient (Wildman–Crippen LogP) is -0.229. The highest BCUT2D eigenvalue weighted by Gasteiger charge is 2.03. The minimum Gasteiger partial charge on any atom is -0.320 e. The summed E-state index contributed by atoms with van der Waals surface area (Å²) in [6.07, 6.45) is 0. The molecule has 0 heterocycles. The monoisotopic (exact) mass is 109 g/mol. The number of hydrogen-bond acceptors (Lipinski definition) is 2. The summed E-state index contributed by atoms with van der Waals surface area (Å²) >= 11 is 0. The quantitative estimate of drug-likeness (QED) is 0.321. The summed E-state index contributed by atoms with van der Waals surface area (Å²) in [5.41, 5.74) is 0. The first-order valence-corrected chi connectivity index (χ1v) is 2.81. The van der Waals surface area contributed by atoms with Crippen LogP contribution in [0.4, 0.5) is 0 Å². The molecule has 0 radical (unpaired) electrons. The van der Waals surface area contributed by atoms with Gasteiger partial charge in [0.25, 0.3) is 0 Å². The van der Waals surface area contributed by atoms with Crippen LogP contribution >= 0.6 is 7.60 Å². The van der Waals surface area contributed by atoms with Gasteiger partial charge in [0.2, 0.25) is 0 Å². The van der Waals surface area contributed by atoms with Crippen molar-refractivity contribution < 1.29 is 14.4 Å². The van der Waals surface area contributed by atoms with E-state index < -0.39 is 7.60 Å². The average Bonchev–Trinajstić information content (AvgIpc) is 1.35. The molecule has 0 fully saturated rings. The fraction of sp³-hybridized carbons (Fsp3) is 0. The Morgan fingerprint density at radius 1 is 1.67 bits per heavy atom. The maximum absolute atomic E-state index is 9.45. The van der Waals surface area contributed by atoms with E-state index in [0.29, 0.717) is 0 Å². The molecule has 0 amide bonds. The van der Waals surface area contributed by atoms with Crippen LogP contribution in [0.1, 0.15) is 0 Å². The van der Waals surface area contributed by atoms with E-state index in [4.69, 9.17) is 15.2 Å². The van der Waals surface area contributed by atoms with Crippen LogP contribution in [0.5, 0.6) is 0 Å². The number of rotatable bonds is 1. The van der Waals surface area contributed by atoms with Crippen molar-refractivity contribution in [3.8, 4) is 0 Å². The summed E-state index contributed by atoms with van der Waals surface area (Å²) in [5, 5.41) is 5.97. The van der Waals surface area contributed by atoms with Crippen LogP contribution in [0.25, 0.3) is 0 Å². The van der Waals surface area contributed by atoms with Gasteiger partial charge in [-0.3, -0.25) is 4.57 Å². The zero-order valence-electron chi connectivity index (χ0n) is 2.83. The second-order valence-corrected chi connectivity index (χ2v) is 2.15. The van der Waals surface area contributed by atoms with E-state index in [1.165, 1.54) is 0 Å². The molecular formula is CH4NO3P. The molecule has 0 aliphatic rings. The van der Waals surface area contributed by atoms with Gasteiger partial charge in [-0.15, -0.1) is 0 Å². The van der Waals surface area contributed by atoms with E-state index in [1.807, 2.05) is 0 Å². The van der Waals surface area contributed by atoms with Gasteiger partial charge in [-0.2, -0.15) is 0 Å². The van der Waals surface area contributed by atoms with Gasteiger partial charge >= 0.3 is 7.60 Å². The van der Waals surface area contributed by atoms with Gasteiger partial charge in [0.05, 0.1) is 0 Å². The molecule has 0 aromatic carbocycles. The largest absolute Gasteiger partial charge is 0.366 e. The molecule has 3 N–H and O–H groups in total. The Kier molecular flexibility index (Phi) is 1.47. The molecule has 0 aromatic rings. The molecule has 0 spiro atoms. The van der Waals surface area contributed by atoms with E-state index in [1.54, 1.807) is 0 Å². The topological polar surface area (TPSA) is 81.4 Å². The molecule has 0 atom stereocenters. The average molecular weight is 109 g/mol. The highest BCUT2D eigenvalue weighted by Crippen LogP contribution is 2.28. The van der Waals surface area contributed by atoms with E-state index in [0.717, 1.165) is 0 Å². The van der Waals surface area contributed by atoms with E-state index in [-0.39, 0.29) is 5.96 Å². The van der Waals surface area contributed by atoms with Crippen LogP contribution in [0, 0.1) is 5.41 Å². The highest BCUT2D eigenvalue weighted by molar-refractivity contribution is 7.67. The lowest BCUT2D eigenvalue weighted by Crippen LogP contribution is -1.71. The standard InChI is InChI=1S/CH4NO3P/c2-1-6(3,4)5/h1-2H,(H2,3,4,5). The molecule has 0 aromatic heterocycles. The smallest absolute Gasteiger partial charge is 0.320 e. The summed E-state index contributed by atoms with van der Waals surface area (Å²) < 4.78 is 9.45. The van der Waals surface area contributed by atoms with Crippen molar-refractivity contribution >= 4 is 13.6 Å². The second-order valence-electron chi connectivity index (χ2n) is 0.718. The van der Waals surface area contributed by atoms with E-state index in [2.05, 4.69) is 0 Å². The lowest BCUT2D eigenvalue weighted by atomic mass is 11.7. The normalized spacial score (nSPS) is 11.0. The minimum atomic E-state index is -4.10. The lowest BCUT2D eigenvalue weighted by molar-refractivity contribution is 0.392. The van der Waals surface area contributed by atoms with Gasteiger partial charge in [-0.25, -0.2) is 0 Å². The van der Waals surface area contributed by atoms with Gasteiger partial charge in [0, 0.05) is 0 Å². The maximum atomic E-state index is 9.45. The lowest BCUT2D eigenvalue weighted by Gasteiger charge is -1.86. The van der Waals surface area contributed by atoms with Crippen LogP contribution in [0.15, 0.2) is 0 Å². The van der Waals surface area contributed by atoms with Crippen molar-refractivity contribution in [3.05, 3.63) is 0 Å². The third-order valence-corrected chi connectivity index (χ3v) is 0.505. The Hall–Kier alpha value is -0.180. The van der Waals surface area contributed by atoms with Crippen molar-refractivity contribution in [3.63, 3.8) is 0 Å². The molecular weight excluding hydrogens is 105 g/mol. The SMILES string of the molecule is N=CP(=O)(O)O. The van der Waals surface area contributed by atoms with Crippen molar-refractivity contribution in [2.45, 2.75) is 0 Å². The summed E-state index contributed by atoms with van der Waals surface area (Å²) in [5.74, 6) is 0.104. The van der Waals surface area contributed by atoms with Crippen molar-refractivity contribution in [1.29, 1.82) is 5.41 Å². The third-order valence-electron chi connectivity index (χ3n) is 0.168. The van der Waals surface area contributed by atoms with Gasteiger partial charge in [-0.05, 0) is 0 Å². The molecule has 0 saturated heterocycles. The Bertz CT molecular complexity index is 93.0. The molecule has 0 bridgehead atoms. The Morgan fingerprint density at radius 3 is 1.83 bits per heavy atom. The summed E-state index contributed by atoms with van der Waals surface area (Å²) in [4.78, 5) is 15.4. The van der Waals surface area contributed by atoms with Crippen LogP contribution in [0.3, 0.4) is 0 Å². The van der Waals surface area contributed by atoms with Crippen molar-refractivity contribution in [2.24, 2.45) is 0 Å². The minimum absolute atomic E-state index is 0.104. The molecule has 4 nitrogen and oxygen atoms in total. The fourth-order valence-corrected chi connectivity index (χ4v) is 0. The number of hydrogen-bond donors (Lipinski definition) is 3. The Balaban J connectivity index is 3.81. The van der Waals surface area contributed by atoms with Gasteiger partial charge < -0.3 is 15.2 Å². The van der Waals surface area contributed by atoms with Gasteiger partial charge in [0.15, 0.2) is 0 Å². The first-order chi connectivity index (χ1) is 2.56. The fourth-order valence-electron chi connectivity index (χ4n) is 0.